The number of allylic oxidation sites excluding steroid dienone is 4. The number of amides is 2. The van der Waals surface area contributed by atoms with Crippen LogP contribution in [0.1, 0.15) is 64.4 Å². The minimum atomic E-state index is -0.993. The molecular weight excluding hydrogens is 540 g/mol. The van der Waals surface area contributed by atoms with E-state index in [4.69, 9.17) is 23.2 Å². The minimum absolute atomic E-state index is 0.0850. The lowest BCUT2D eigenvalue weighted by molar-refractivity contribution is -0.128. The highest BCUT2D eigenvalue weighted by molar-refractivity contribution is 6.31. The van der Waals surface area contributed by atoms with E-state index in [9.17, 15) is 19.1 Å². The molecular formula is C30H38Cl2FN3O3. The van der Waals surface area contributed by atoms with Crippen molar-refractivity contribution in [1.29, 1.82) is 0 Å². The smallest absolute Gasteiger partial charge is 0.237 e. The van der Waals surface area contributed by atoms with E-state index in [2.05, 4.69) is 16.0 Å². The molecule has 1 aromatic carbocycles. The maximum atomic E-state index is 14.2. The highest BCUT2D eigenvalue weighted by Gasteiger charge is 2.66. The fourth-order valence-corrected chi connectivity index (χ4v) is 7.88. The predicted molar refractivity (Wildman–Crippen MR) is 153 cm³/mol. The number of nitrogens with one attached hydrogen (secondary N) is 3. The Morgan fingerprint density at radius 1 is 1.31 bits per heavy atom. The fourth-order valence-electron chi connectivity index (χ4n) is 7.64. The second kappa shape index (κ2) is 11.2. The highest BCUT2D eigenvalue weighted by atomic mass is 35.5. The number of rotatable bonds is 8. The lowest BCUT2D eigenvalue weighted by Gasteiger charge is -2.42. The van der Waals surface area contributed by atoms with Crippen LogP contribution in [0.15, 0.2) is 41.5 Å². The molecule has 2 aliphatic carbocycles. The summed E-state index contributed by atoms with van der Waals surface area (Å²) < 4.78 is 13.0. The Labute approximate surface area is 239 Å². The van der Waals surface area contributed by atoms with Crippen LogP contribution in [0.3, 0.4) is 0 Å². The van der Waals surface area contributed by atoms with Crippen molar-refractivity contribution in [2.45, 2.75) is 87.9 Å². The summed E-state index contributed by atoms with van der Waals surface area (Å²) in [5.41, 5.74) is -0.221. The van der Waals surface area contributed by atoms with Gasteiger partial charge in [0.15, 0.2) is 0 Å². The van der Waals surface area contributed by atoms with Crippen molar-refractivity contribution in [3.05, 3.63) is 52.0 Å². The summed E-state index contributed by atoms with van der Waals surface area (Å²) in [4.78, 5) is 28.1. The van der Waals surface area contributed by atoms with Crippen LogP contribution in [0.25, 0.3) is 0 Å². The summed E-state index contributed by atoms with van der Waals surface area (Å²) in [6.45, 7) is 3.01. The van der Waals surface area contributed by atoms with Gasteiger partial charge in [-0.3, -0.25) is 9.59 Å². The Kier molecular flexibility index (Phi) is 8.18. The molecule has 2 saturated carbocycles. The first-order chi connectivity index (χ1) is 18.5. The molecule has 1 saturated heterocycles. The van der Waals surface area contributed by atoms with Crippen molar-refractivity contribution < 1.29 is 19.1 Å². The quantitative estimate of drug-likeness (QED) is 0.312. The molecule has 39 heavy (non-hydrogen) atoms. The van der Waals surface area contributed by atoms with Crippen molar-refractivity contribution >= 4 is 40.7 Å². The van der Waals surface area contributed by atoms with E-state index in [-0.39, 0.29) is 34.8 Å². The van der Waals surface area contributed by atoms with Crippen LogP contribution < -0.4 is 16.0 Å². The number of hydrogen-bond donors (Lipinski definition) is 4. The van der Waals surface area contributed by atoms with E-state index < -0.39 is 29.7 Å². The predicted octanol–water partition coefficient (Wildman–Crippen LogP) is 5.38. The Hall–Kier alpha value is -1.93. The second-order valence-electron chi connectivity index (χ2n) is 12.2. The van der Waals surface area contributed by atoms with Crippen LogP contribution >= 0.6 is 23.2 Å². The van der Waals surface area contributed by atoms with Crippen LogP contribution in [0, 0.1) is 17.8 Å². The van der Waals surface area contributed by atoms with Crippen LogP contribution in [-0.2, 0) is 15.0 Å². The van der Waals surface area contributed by atoms with Gasteiger partial charge < -0.3 is 21.1 Å². The number of alkyl halides is 1. The molecule has 0 aromatic heterocycles. The molecule has 0 radical (unpaired) electrons. The van der Waals surface area contributed by atoms with Gasteiger partial charge >= 0.3 is 0 Å². The van der Waals surface area contributed by atoms with Crippen molar-refractivity contribution in [2.24, 2.45) is 17.8 Å². The first-order valence-corrected chi connectivity index (χ1v) is 14.8. The molecule has 4 N–H and O–H groups in total. The molecule has 2 aliphatic heterocycles. The van der Waals surface area contributed by atoms with Gasteiger partial charge in [0.25, 0.3) is 0 Å². The van der Waals surface area contributed by atoms with Gasteiger partial charge in [-0.2, -0.15) is 0 Å². The number of hydrogen-bond acceptors (Lipinski definition) is 4. The number of carbonyl (C=O) groups is 2. The molecule has 9 heteroatoms. The first-order valence-electron chi connectivity index (χ1n) is 14.0. The summed E-state index contributed by atoms with van der Waals surface area (Å²) in [5, 5.41) is 20.7. The van der Waals surface area contributed by atoms with E-state index in [1.165, 1.54) is 18.9 Å². The second-order valence-corrected chi connectivity index (χ2v) is 13.1. The zero-order valence-electron chi connectivity index (χ0n) is 22.5. The third-order valence-corrected chi connectivity index (χ3v) is 9.76. The van der Waals surface area contributed by atoms with Crippen LogP contribution in [-0.4, -0.2) is 47.3 Å². The fraction of sp³-hybridized carbons (Fsp3) is 0.600. The van der Waals surface area contributed by atoms with E-state index in [1.54, 1.807) is 25.1 Å². The molecule has 0 bridgehead atoms. The van der Waals surface area contributed by atoms with Gasteiger partial charge in [0.1, 0.15) is 6.67 Å². The summed E-state index contributed by atoms with van der Waals surface area (Å²) in [7, 11) is 0. The average molecular weight is 579 g/mol. The number of halogens is 3. The molecule has 6 nitrogen and oxygen atoms in total. The van der Waals surface area contributed by atoms with Crippen LogP contribution in [0.5, 0.6) is 0 Å². The van der Waals surface area contributed by atoms with Crippen molar-refractivity contribution in [3.8, 4) is 0 Å². The number of carbonyl (C=O) groups excluding carboxylic acids is 2. The van der Waals surface area contributed by atoms with Gasteiger partial charge in [-0.15, -0.1) is 0 Å². The molecule has 1 spiro atoms. The first kappa shape index (κ1) is 28.6. The number of benzene rings is 1. The van der Waals surface area contributed by atoms with Gasteiger partial charge in [-0.25, -0.2) is 4.39 Å². The largest absolute Gasteiger partial charge is 0.390 e. The highest BCUT2D eigenvalue weighted by Crippen LogP contribution is 2.55. The Balaban J connectivity index is 1.57. The summed E-state index contributed by atoms with van der Waals surface area (Å²) in [6, 6.07) is 4.50. The Bertz CT molecular complexity index is 1170. The van der Waals surface area contributed by atoms with Crippen molar-refractivity contribution in [2.75, 3.05) is 12.0 Å². The number of aliphatic hydroxyl groups is 1. The standard InChI is InChI=1S/C30H38Cl2FN3O3/c1-17(6-5-9-20(32)16-33)25-26(27(37)34-21-14-29(2,39)15-21)36-24(12-18-7-3-4-8-18)30(25)22-11-10-19(31)13-23(22)35-28(30)38/h5-6,9-11,13,17-18,21,24-26,36,39H,3-4,7-8,12,14-16H2,1-2H3,(H,34,37)(H,35,38)/b6-5-,20-9+/t17?,21-,24-,25+,26-,29+,30+/m1/s1. The lowest BCUT2D eigenvalue weighted by Crippen LogP contribution is -2.58. The topological polar surface area (TPSA) is 90.5 Å². The number of fused-ring (bicyclic) bond motifs is 2. The molecule has 5 rings (SSSR count). The van der Waals surface area contributed by atoms with Gasteiger partial charge in [0.05, 0.1) is 17.1 Å². The van der Waals surface area contributed by atoms with Gasteiger partial charge in [0, 0.05) is 33.7 Å². The molecule has 2 amide bonds. The lowest BCUT2D eigenvalue weighted by atomic mass is 9.61. The normalized spacial score (nSPS) is 35.3. The number of anilines is 1. The van der Waals surface area contributed by atoms with Gasteiger partial charge in [-0.05, 0) is 61.8 Å². The third-order valence-electron chi connectivity index (χ3n) is 9.30. The maximum Gasteiger partial charge on any atom is 0.237 e. The summed E-state index contributed by atoms with van der Waals surface area (Å²) in [5.74, 6) is -0.481. The van der Waals surface area contributed by atoms with Crippen LogP contribution in [0.2, 0.25) is 5.02 Å². The van der Waals surface area contributed by atoms with E-state index >= 15 is 0 Å². The minimum Gasteiger partial charge on any atom is -0.390 e. The summed E-state index contributed by atoms with van der Waals surface area (Å²) in [6.07, 6.45) is 11.5. The van der Waals surface area contributed by atoms with E-state index in [0.29, 0.717) is 29.5 Å². The molecule has 212 valence electrons. The third kappa shape index (κ3) is 5.40. The van der Waals surface area contributed by atoms with E-state index in [1.807, 2.05) is 19.1 Å². The van der Waals surface area contributed by atoms with Crippen LogP contribution in [0.4, 0.5) is 10.1 Å². The zero-order valence-corrected chi connectivity index (χ0v) is 24.0. The molecule has 5 atom stereocenters. The molecule has 2 heterocycles. The molecule has 3 fully saturated rings. The van der Waals surface area contributed by atoms with Gasteiger partial charge in [-0.1, -0.05) is 74.0 Å². The average Bonchev–Trinajstić information content (AvgIpc) is 3.56. The van der Waals surface area contributed by atoms with Crippen molar-refractivity contribution in [3.63, 3.8) is 0 Å². The maximum absolute atomic E-state index is 14.2. The van der Waals surface area contributed by atoms with Crippen molar-refractivity contribution in [1.82, 2.24) is 10.6 Å². The molecule has 1 unspecified atom stereocenters. The zero-order chi connectivity index (χ0) is 27.9. The SMILES string of the molecule is CC(/C=C\C=C(\Cl)CF)[C@H]1[C@H](C(=O)N[C@H]2C[C@@](C)(O)C2)N[C@H](CC2CCCC2)[C@]12C(=O)Nc1cc(Cl)ccc12. The van der Waals surface area contributed by atoms with Gasteiger partial charge in [0.2, 0.25) is 11.8 Å². The molecule has 1 aromatic rings. The molecule has 4 aliphatic rings. The Morgan fingerprint density at radius 3 is 2.69 bits per heavy atom. The summed E-state index contributed by atoms with van der Waals surface area (Å²) >= 11 is 12.2. The van der Waals surface area contributed by atoms with E-state index in [0.717, 1.165) is 24.8 Å². The monoisotopic (exact) mass is 577 g/mol. The Morgan fingerprint density at radius 2 is 2.03 bits per heavy atom.